The molecule has 0 aromatic heterocycles. The van der Waals surface area contributed by atoms with Gasteiger partial charge < -0.3 is 4.90 Å². The van der Waals surface area contributed by atoms with Crippen LogP contribution >= 0.6 is 0 Å². The van der Waals surface area contributed by atoms with Crippen LogP contribution in [0.15, 0.2) is 29.6 Å². The Balaban J connectivity index is 2.70. The van der Waals surface area contributed by atoms with Gasteiger partial charge in [-0.15, -0.1) is 0 Å². The molecule has 0 N–H and O–H groups in total. The molecule has 0 saturated carbocycles. The minimum Gasteiger partial charge on any atom is -0.341 e. The van der Waals surface area contributed by atoms with Crippen molar-refractivity contribution in [2.24, 2.45) is 0 Å². The minimum atomic E-state index is -0.190. The maximum Gasteiger partial charge on any atom is 0.133 e. The van der Waals surface area contributed by atoms with Crippen molar-refractivity contribution in [3.8, 4) is 0 Å². The second kappa shape index (κ2) is 2.75. The maximum atomic E-state index is 13.3. The Bertz CT molecular complexity index is 414. The lowest BCUT2D eigenvalue weighted by Gasteiger charge is -2.23. The van der Waals surface area contributed by atoms with Gasteiger partial charge in [0.2, 0.25) is 0 Å². The van der Waals surface area contributed by atoms with Gasteiger partial charge in [-0.05, 0) is 25.1 Å². The molecule has 0 radical (unpaired) electrons. The van der Waals surface area contributed by atoms with E-state index in [1.165, 1.54) is 6.07 Å². The molecule has 0 bridgehead atoms. The third-order valence-corrected chi connectivity index (χ3v) is 2.32. The number of anilines is 1. The molecule has 2 heteroatoms. The second-order valence-electron chi connectivity index (χ2n) is 3.11. The Morgan fingerprint density at radius 1 is 1.38 bits per heavy atom. The van der Waals surface area contributed by atoms with Crippen LogP contribution in [0.5, 0.6) is 0 Å². The monoisotopic (exact) mass is 175 g/mol. The third kappa shape index (κ3) is 1.16. The molecule has 1 aromatic carbocycles. The predicted octanol–water partition coefficient (Wildman–Crippen LogP) is 2.79. The Kier molecular flexibility index (Phi) is 1.71. The molecule has 1 aromatic rings. The highest BCUT2D eigenvalue weighted by Gasteiger charge is 2.13. The van der Waals surface area contributed by atoms with Crippen molar-refractivity contribution in [3.05, 3.63) is 41.0 Å². The van der Waals surface area contributed by atoms with Crippen LogP contribution in [0.25, 0.3) is 6.08 Å². The highest BCUT2D eigenvalue weighted by Crippen LogP contribution is 2.28. The molecule has 1 aliphatic heterocycles. The SMILES string of the molecule is CC1=C=Cc2c(F)cccc2N1C. The van der Waals surface area contributed by atoms with Crippen LogP contribution < -0.4 is 4.90 Å². The molecule has 0 saturated heterocycles. The summed E-state index contributed by atoms with van der Waals surface area (Å²) in [4.78, 5) is 1.93. The molecule has 2 rings (SSSR count). The van der Waals surface area contributed by atoms with Crippen molar-refractivity contribution in [1.82, 2.24) is 0 Å². The van der Waals surface area contributed by atoms with Gasteiger partial charge in [0.1, 0.15) is 5.82 Å². The summed E-state index contributed by atoms with van der Waals surface area (Å²) in [6.45, 7) is 1.95. The number of allylic oxidation sites excluding steroid dienone is 1. The highest BCUT2D eigenvalue weighted by molar-refractivity contribution is 5.72. The number of halogens is 1. The highest BCUT2D eigenvalue weighted by atomic mass is 19.1. The lowest BCUT2D eigenvalue weighted by Crippen LogP contribution is -2.16. The van der Waals surface area contributed by atoms with E-state index in [2.05, 4.69) is 5.73 Å². The number of fused-ring (bicyclic) bond motifs is 1. The molecule has 0 fully saturated rings. The van der Waals surface area contributed by atoms with E-state index in [9.17, 15) is 4.39 Å². The lowest BCUT2D eigenvalue weighted by molar-refractivity contribution is 0.624. The van der Waals surface area contributed by atoms with E-state index in [0.717, 1.165) is 11.4 Å². The quantitative estimate of drug-likeness (QED) is 0.548. The number of hydrogen-bond acceptors (Lipinski definition) is 1. The second-order valence-corrected chi connectivity index (χ2v) is 3.11. The summed E-state index contributed by atoms with van der Waals surface area (Å²) in [5, 5.41) is 0. The summed E-state index contributed by atoms with van der Waals surface area (Å²) < 4.78 is 13.3. The summed E-state index contributed by atoms with van der Waals surface area (Å²) in [7, 11) is 1.91. The normalized spacial score (nSPS) is 14.1. The summed E-state index contributed by atoms with van der Waals surface area (Å²) in [5.41, 5.74) is 5.52. The zero-order valence-corrected chi connectivity index (χ0v) is 7.63. The van der Waals surface area contributed by atoms with Crippen molar-refractivity contribution < 1.29 is 4.39 Å². The van der Waals surface area contributed by atoms with E-state index < -0.39 is 0 Å². The molecule has 13 heavy (non-hydrogen) atoms. The Labute approximate surface area is 76.8 Å². The van der Waals surface area contributed by atoms with Gasteiger partial charge in [0.05, 0.1) is 11.4 Å². The van der Waals surface area contributed by atoms with Crippen molar-refractivity contribution in [3.63, 3.8) is 0 Å². The largest absolute Gasteiger partial charge is 0.341 e. The van der Waals surface area contributed by atoms with Gasteiger partial charge in [-0.1, -0.05) is 11.8 Å². The molecule has 1 aliphatic rings. The lowest BCUT2D eigenvalue weighted by atomic mass is 10.1. The van der Waals surface area contributed by atoms with E-state index in [1.54, 1.807) is 12.1 Å². The van der Waals surface area contributed by atoms with Gasteiger partial charge in [-0.3, -0.25) is 0 Å². The van der Waals surface area contributed by atoms with Crippen LogP contribution in [0.3, 0.4) is 0 Å². The maximum absolute atomic E-state index is 13.3. The molecule has 0 aliphatic carbocycles. The summed E-state index contributed by atoms with van der Waals surface area (Å²) in [6, 6.07) is 5.09. The van der Waals surface area contributed by atoms with Crippen molar-refractivity contribution >= 4 is 11.8 Å². The smallest absolute Gasteiger partial charge is 0.133 e. The Morgan fingerprint density at radius 2 is 2.15 bits per heavy atom. The molecule has 0 spiro atoms. The van der Waals surface area contributed by atoms with Gasteiger partial charge in [0.25, 0.3) is 0 Å². The van der Waals surface area contributed by atoms with Crippen LogP contribution in [0, 0.1) is 5.82 Å². The van der Waals surface area contributed by atoms with E-state index in [1.807, 2.05) is 24.9 Å². The van der Waals surface area contributed by atoms with Gasteiger partial charge in [-0.25, -0.2) is 4.39 Å². The van der Waals surface area contributed by atoms with E-state index in [-0.39, 0.29) is 5.82 Å². The molecule has 0 atom stereocenters. The van der Waals surface area contributed by atoms with Crippen LogP contribution in [0.1, 0.15) is 12.5 Å². The number of hydrogen-bond donors (Lipinski definition) is 0. The summed E-state index contributed by atoms with van der Waals surface area (Å²) in [6.07, 6.45) is 1.69. The topological polar surface area (TPSA) is 3.24 Å². The van der Waals surface area contributed by atoms with E-state index >= 15 is 0 Å². The van der Waals surface area contributed by atoms with Crippen molar-refractivity contribution in [2.75, 3.05) is 11.9 Å². The van der Waals surface area contributed by atoms with Crippen LogP contribution in [0.2, 0.25) is 0 Å². The Hall–Kier alpha value is -1.53. The number of nitrogens with zero attached hydrogens (tertiary/aromatic N) is 1. The van der Waals surface area contributed by atoms with Crippen molar-refractivity contribution in [2.45, 2.75) is 6.92 Å². The van der Waals surface area contributed by atoms with Gasteiger partial charge in [-0.2, -0.15) is 0 Å². The zero-order chi connectivity index (χ0) is 9.42. The Morgan fingerprint density at radius 3 is 2.92 bits per heavy atom. The molecule has 0 amide bonds. The van der Waals surface area contributed by atoms with Crippen LogP contribution in [0.4, 0.5) is 10.1 Å². The molecule has 1 heterocycles. The molecular weight excluding hydrogens is 165 g/mol. The first-order chi connectivity index (χ1) is 6.20. The minimum absolute atomic E-state index is 0.190. The number of rotatable bonds is 0. The third-order valence-electron chi connectivity index (χ3n) is 2.32. The van der Waals surface area contributed by atoms with Gasteiger partial charge in [0, 0.05) is 12.6 Å². The van der Waals surface area contributed by atoms with Gasteiger partial charge in [0.15, 0.2) is 0 Å². The van der Waals surface area contributed by atoms with E-state index in [0.29, 0.717) is 5.56 Å². The first kappa shape index (κ1) is 8.09. The molecule has 1 nitrogen and oxygen atoms in total. The zero-order valence-electron chi connectivity index (χ0n) is 7.63. The fourth-order valence-corrected chi connectivity index (χ4v) is 1.42. The van der Waals surface area contributed by atoms with E-state index in [4.69, 9.17) is 0 Å². The molecular formula is C11H10FN. The summed E-state index contributed by atoms with van der Waals surface area (Å²) >= 11 is 0. The predicted molar refractivity (Wildman–Crippen MR) is 52.0 cm³/mol. The van der Waals surface area contributed by atoms with Crippen molar-refractivity contribution in [1.29, 1.82) is 0 Å². The average molecular weight is 175 g/mol. The van der Waals surface area contributed by atoms with Gasteiger partial charge >= 0.3 is 0 Å². The van der Waals surface area contributed by atoms with Crippen LogP contribution in [-0.4, -0.2) is 7.05 Å². The van der Waals surface area contributed by atoms with Crippen LogP contribution in [-0.2, 0) is 0 Å². The molecule has 0 unspecified atom stereocenters. The fraction of sp³-hybridized carbons (Fsp3) is 0.182. The first-order valence-electron chi connectivity index (χ1n) is 4.15. The first-order valence-corrected chi connectivity index (χ1v) is 4.15. The molecule has 66 valence electrons. The standard InChI is InChI=1S/C11H10FN/c1-8-6-7-9-10(12)4-3-5-11(9)13(8)2/h3-5,7H,1-2H3. The fourth-order valence-electron chi connectivity index (χ4n) is 1.42. The number of benzene rings is 1. The average Bonchev–Trinajstić information content (AvgIpc) is 2.12. The summed E-state index contributed by atoms with van der Waals surface area (Å²) in [5.74, 6) is -0.190.